The Kier molecular flexibility index (Phi) is 5.47. The normalized spacial score (nSPS) is 25.1. The average molecular weight is 386 g/mol. The first kappa shape index (κ1) is 19.1. The molecule has 0 aromatic heterocycles. The standard InChI is InChI=1S/C22H31N3O3/c1-28-19-7-5-17(6-8-19)13-23-21(27)24-12-2-10-22(15-24)11-9-20(26)25(16-22)14-18-3-4-18/h5-8,18H,2-4,9-16H2,1H3,(H,23,27)/t22-/m0/s1. The van der Waals surface area contributed by atoms with Gasteiger partial charge in [0.25, 0.3) is 0 Å². The Hall–Kier alpha value is -2.24. The zero-order valence-electron chi connectivity index (χ0n) is 16.8. The molecule has 1 aliphatic carbocycles. The summed E-state index contributed by atoms with van der Waals surface area (Å²) in [5.41, 5.74) is 1.14. The lowest BCUT2D eigenvalue weighted by Gasteiger charge is -2.48. The number of rotatable bonds is 5. The van der Waals surface area contributed by atoms with Crippen LogP contribution in [0.4, 0.5) is 4.79 Å². The maximum Gasteiger partial charge on any atom is 0.317 e. The maximum absolute atomic E-state index is 12.8. The number of urea groups is 1. The van der Waals surface area contributed by atoms with Gasteiger partial charge in [-0.15, -0.1) is 0 Å². The highest BCUT2D eigenvalue weighted by Crippen LogP contribution is 2.40. The van der Waals surface area contributed by atoms with Gasteiger partial charge in [-0.3, -0.25) is 4.79 Å². The molecule has 6 nitrogen and oxygen atoms in total. The van der Waals surface area contributed by atoms with Crippen molar-refractivity contribution in [2.75, 3.05) is 33.3 Å². The molecule has 3 fully saturated rings. The van der Waals surface area contributed by atoms with Crippen LogP contribution in [0.5, 0.6) is 5.75 Å². The summed E-state index contributed by atoms with van der Waals surface area (Å²) in [4.78, 5) is 29.1. The third kappa shape index (κ3) is 4.42. The summed E-state index contributed by atoms with van der Waals surface area (Å²) in [6, 6.07) is 7.76. The monoisotopic (exact) mass is 385 g/mol. The number of piperidine rings is 2. The Morgan fingerprint density at radius 2 is 2.00 bits per heavy atom. The van der Waals surface area contributed by atoms with E-state index in [0.717, 1.165) is 56.8 Å². The first-order valence-electron chi connectivity index (χ1n) is 10.5. The van der Waals surface area contributed by atoms with E-state index < -0.39 is 0 Å². The zero-order valence-corrected chi connectivity index (χ0v) is 16.8. The van der Waals surface area contributed by atoms with E-state index in [9.17, 15) is 9.59 Å². The summed E-state index contributed by atoms with van der Waals surface area (Å²) in [5, 5.41) is 3.06. The van der Waals surface area contributed by atoms with Crippen LogP contribution in [-0.4, -0.2) is 55.0 Å². The number of amides is 3. The summed E-state index contributed by atoms with van der Waals surface area (Å²) in [7, 11) is 1.65. The van der Waals surface area contributed by atoms with Crippen LogP contribution in [0.15, 0.2) is 24.3 Å². The van der Waals surface area contributed by atoms with Gasteiger partial charge in [-0.2, -0.15) is 0 Å². The fourth-order valence-corrected chi connectivity index (χ4v) is 4.63. The van der Waals surface area contributed by atoms with Crippen LogP contribution in [0.1, 0.15) is 44.1 Å². The molecule has 1 aromatic rings. The van der Waals surface area contributed by atoms with Gasteiger partial charge in [0.15, 0.2) is 0 Å². The van der Waals surface area contributed by atoms with Crippen molar-refractivity contribution in [1.82, 2.24) is 15.1 Å². The molecule has 0 bridgehead atoms. The molecule has 1 aromatic carbocycles. The molecule has 0 unspecified atom stereocenters. The Labute approximate surface area is 167 Å². The van der Waals surface area contributed by atoms with Gasteiger partial charge in [0.1, 0.15) is 5.75 Å². The van der Waals surface area contributed by atoms with Crippen molar-refractivity contribution in [3.05, 3.63) is 29.8 Å². The molecule has 1 atom stereocenters. The van der Waals surface area contributed by atoms with Gasteiger partial charge in [-0.05, 0) is 55.7 Å². The molecule has 3 aliphatic rings. The molecule has 2 saturated heterocycles. The molecule has 1 saturated carbocycles. The lowest BCUT2D eigenvalue weighted by molar-refractivity contribution is -0.139. The van der Waals surface area contributed by atoms with Gasteiger partial charge < -0.3 is 19.9 Å². The quantitative estimate of drug-likeness (QED) is 0.848. The predicted molar refractivity (Wildman–Crippen MR) is 107 cm³/mol. The van der Waals surface area contributed by atoms with Crippen molar-refractivity contribution in [2.45, 2.75) is 45.1 Å². The highest BCUT2D eigenvalue weighted by atomic mass is 16.5. The van der Waals surface area contributed by atoms with Crippen LogP contribution in [0.2, 0.25) is 0 Å². The molecule has 152 valence electrons. The highest BCUT2D eigenvalue weighted by Gasteiger charge is 2.43. The highest BCUT2D eigenvalue weighted by molar-refractivity contribution is 5.77. The summed E-state index contributed by atoms with van der Waals surface area (Å²) in [5.74, 6) is 1.83. The number of nitrogens with one attached hydrogen (secondary N) is 1. The Morgan fingerprint density at radius 1 is 1.21 bits per heavy atom. The van der Waals surface area contributed by atoms with Gasteiger partial charge in [-0.1, -0.05) is 12.1 Å². The topological polar surface area (TPSA) is 61.9 Å². The third-order valence-electron chi connectivity index (χ3n) is 6.48. The van der Waals surface area contributed by atoms with E-state index in [0.29, 0.717) is 24.8 Å². The number of ether oxygens (including phenoxy) is 1. The molecule has 28 heavy (non-hydrogen) atoms. The molecular weight excluding hydrogens is 354 g/mol. The second-order valence-corrected chi connectivity index (χ2v) is 8.75. The number of nitrogens with zero attached hydrogens (tertiary/aromatic N) is 2. The number of carbonyl (C=O) groups is 2. The first-order valence-corrected chi connectivity index (χ1v) is 10.5. The molecule has 2 heterocycles. The van der Waals surface area contributed by atoms with Crippen LogP contribution < -0.4 is 10.1 Å². The molecule has 1 spiro atoms. The van der Waals surface area contributed by atoms with Gasteiger partial charge in [0.05, 0.1) is 7.11 Å². The van der Waals surface area contributed by atoms with Crippen LogP contribution in [0.25, 0.3) is 0 Å². The number of hydrogen-bond donors (Lipinski definition) is 1. The van der Waals surface area contributed by atoms with Crippen molar-refractivity contribution >= 4 is 11.9 Å². The van der Waals surface area contributed by atoms with Crippen LogP contribution in [0.3, 0.4) is 0 Å². The number of likely N-dealkylation sites (tertiary alicyclic amines) is 2. The summed E-state index contributed by atoms with van der Waals surface area (Å²) in [6.45, 7) is 3.82. The van der Waals surface area contributed by atoms with Crippen molar-refractivity contribution in [3.63, 3.8) is 0 Å². The van der Waals surface area contributed by atoms with Crippen LogP contribution >= 0.6 is 0 Å². The average Bonchev–Trinajstić information content (AvgIpc) is 3.54. The smallest absolute Gasteiger partial charge is 0.317 e. The Balaban J connectivity index is 1.33. The summed E-state index contributed by atoms with van der Waals surface area (Å²) >= 11 is 0. The number of hydrogen-bond acceptors (Lipinski definition) is 3. The molecule has 2 aliphatic heterocycles. The van der Waals surface area contributed by atoms with Crippen molar-refractivity contribution < 1.29 is 14.3 Å². The van der Waals surface area contributed by atoms with Gasteiger partial charge >= 0.3 is 6.03 Å². The van der Waals surface area contributed by atoms with Gasteiger partial charge in [0.2, 0.25) is 5.91 Å². The lowest BCUT2D eigenvalue weighted by atomic mass is 9.73. The minimum Gasteiger partial charge on any atom is -0.497 e. The van der Waals surface area contributed by atoms with E-state index in [1.54, 1.807) is 7.11 Å². The summed E-state index contributed by atoms with van der Waals surface area (Å²) in [6.07, 6.45) is 6.20. The fraction of sp³-hybridized carbons (Fsp3) is 0.636. The van der Waals surface area contributed by atoms with Crippen molar-refractivity contribution in [2.24, 2.45) is 11.3 Å². The first-order chi connectivity index (χ1) is 13.6. The van der Waals surface area contributed by atoms with Gasteiger partial charge in [-0.25, -0.2) is 4.79 Å². The predicted octanol–water partition coefficient (Wildman–Crippen LogP) is 3.02. The van der Waals surface area contributed by atoms with E-state index in [1.165, 1.54) is 12.8 Å². The van der Waals surface area contributed by atoms with E-state index in [2.05, 4.69) is 10.2 Å². The summed E-state index contributed by atoms with van der Waals surface area (Å²) < 4.78 is 5.17. The fourth-order valence-electron chi connectivity index (χ4n) is 4.63. The van der Waals surface area contributed by atoms with Gasteiger partial charge in [0, 0.05) is 44.6 Å². The molecule has 1 N–H and O–H groups in total. The van der Waals surface area contributed by atoms with Crippen molar-refractivity contribution in [1.29, 1.82) is 0 Å². The number of benzene rings is 1. The molecular formula is C22H31N3O3. The number of carbonyl (C=O) groups excluding carboxylic acids is 2. The van der Waals surface area contributed by atoms with E-state index in [1.807, 2.05) is 29.2 Å². The van der Waals surface area contributed by atoms with Crippen LogP contribution in [0, 0.1) is 11.3 Å². The second-order valence-electron chi connectivity index (χ2n) is 8.75. The minimum atomic E-state index is 0.000496. The van der Waals surface area contributed by atoms with E-state index in [4.69, 9.17) is 4.74 Å². The number of methoxy groups -OCH3 is 1. The molecule has 0 radical (unpaired) electrons. The molecule has 4 rings (SSSR count). The Bertz CT molecular complexity index is 716. The molecule has 6 heteroatoms. The molecule has 3 amide bonds. The lowest BCUT2D eigenvalue weighted by Crippen LogP contribution is -2.56. The SMILES string of the molecule is COc1ccc(CNC(=O)N2CCC[C@]3(CCC(=O)N(CC4CC4)C3)C2)cc1. The minimum absolute atomic E-state index is 0.000496. The van der Waals surface area contributed by atoms with E-state index >= 15 is 0 Å². The largest absolute Gasteiger partial charge is 0.497 e. The van der Waals surface area contributed by atoms with Crippen molar-refractivity contribution in [3.8, 4) is 5.75 Å². The van der Waals surface area contributed by atoms with E-state index in [-0.39, 0.29) is 11.4 Å². The third-order valence-corrected chi connectivity index (χ3v) is 6.48. The maximum atomic E-state index is 12.8. The zero-order chi connectivity index (χ0) is 19.6. The van der Waals surface area contributed by atoms with Crippen LogP contribution in [-0.2, 0) is 11.3 Å². The second kappa shape index (κ2) is 8.02. The Morgan fingerprint density at radius 3 is 2.71 bits per heavy atom.